The molecule has 0 amide bonds. The maximum atomic E-state index is 13.1. The van der Waals surface area contributed by atoms with E-state index in [1.807, 2.05) is 0 Å². The van der Waals surface area contributed by atoms with Gasteiger partial charge in [-0.05, 0) is 55.0 Å². The van der Waals surface area contributed by atoms with Crippen LogP contribution in [0.4, 0.5) is 0 Å². The number of fused-ring (bicyclic) bond motifs is 4. The van der Waals surface area contributed by atoms with Crippen molar-refractivity contribution >= 4 is 28.2 Å². The van der Waals surface area contributed by atoms with Crippen molar-refractivity contribution < 1.29 is 24.2 Å². The molecule has 0 fully saturated rings. The van der Waals surface area contributed by atoms with Gasteiger partial charge in [0.25, 0.3) is 0 Å². The summed E-state index contributed by atoms with van der Waals surface area (Å²) in [7, 11) is 1.50. The lowest BCUT2D eigenvalue weighted by Crippen LogP contribution is -2.38. The predicted octanol–water partition coefficient (Wildman–Crippen LogP) is 2.23. The molecule has 1 heterocycles. The Morgan fingerprint density at radius 1 is 1.33 bits per heavy atom. The number of para-hydroxylation sites is 1. The molecule has 2 aromatic carbocycles. The molecule has 0 radical (unpaired) electrons. The molecule has 1 aliphatic rings. The predicted molar refractivity (Wildman–Crippen MR) is 101 cm³/mol. The summed E-state index contributed by atoms with van der Waals surface area (Å²) in [6, 6.07) is 6.75. The van der Waals surface area contributed by atoms with Crippen molar-refractivity contribution in [3.8, 4) is 5.75 Å². The molecule has 6 nitrogen and oxygen atoms in total. The van der Waals surface area contributed by atoms with E-state index in [9.17, 15) is 19.8 Å². The molecule has 4 rings (SSSR count). The van der Waals surface area contributed by atoms with Crippen LogP contribution in [-0.4, -0.2) is 35.8 Å². The highest BCUT2D eigenvalue weighted by Crippen LogP contribution is 2.39. The fourth-order valence-corrected chi connectivity index (χ4v) is 3.97. The van der Waals surface area contributed by atoms with Gasteiger partial charge in [0.15, 0.2) is 17.6 Å². The summed E-state index contributed by atoms with van der Waals surface area (Å²) in [5.74, 6) is 0.204. The van der Waals surface area contributed by atoms with Crippen LogP contribution in [0.2, 0.25) is 0 Å². The van der Waals surface area contributed by atoms with E-state index in [2.05, 4.69) is 0 Å². The molecule has 1 aliphatic carbocycles. The number of rotatable bonds is 4. The zero-order valence-electron chi connectivity index (χ0n) is 15.1. The van der Waals surface area contributed by atoms with Crippen LogP contribution >= 0.6 is 0 Å². The van der Waals surface area contributed by atoms with Crippen molar-refractivity contribution in [3.05, 3.63) is 51.2 Å². The molecule has 6 heteroatoms. The number of hydrogen-bond acceptors (Lipinski definition) is 6. The number of aliphatic hydroxyl groups excluding tert-OH is 1. The highest BCUT2D eigenvalue weighted by Gasteiger charge is 2.38. The Hall–Kier alpha value is -2.70. The Labute approximate surface area is 155 Å². The first-order valence-corrected chi connectivity index (χ1v) is 8.78. The second kappa shape index (κ2) is 6.18. The van der Waals surface area contributed by atoms with Crippen molar-refractivity contribution in [3.63, 3.8) is 0 Å². The molecular formula is C21H20O6. The molecule has 1 aromatic heterocycles. The minimum absolute atomic E-state index is 0.235. The fraction of sp³-hybridized carbons (Fsp3) is 0.333. The second-order valence-electron chi connectivity index (χ2n) is 7.31. The van der Waals surface area contributed by atoms with Crippen LogP contribution in [0.3, 0.4) is 0 Å². The Bertz CT molecular complexity index is 1130. The molecule has 0 aliphatic heterocycles. The van der Waals surface area contributed by atoms with Crippen LogP contribution < -0.4 is 10.2 Å². The number of ether oxygens (including phenoxy) is 1. The normalized spacial score (nSPS) is 18.4. The molecule has 0 saturated heterocycles. The molecule has 0 saturated carbocycles. The number of aliphatic hydroxyl groups is 2. The zero-order valence-corrected chi connectivity index (χ0v) is 15.1. The van der Waals surface area contributed by atoms with E-state index in [-0.39, 0.29) is 28.9 Å². The first kappa shape index (κ1) is 17.7. The van der Waals surface area contributed by atoms with Gasteiger partial charge in [-0.1, -0.05) is 6.07 Å². The van der Waals surface area contributed by atoms with Crippen LogP contribution in [-0.2, 0) is 12.8 Å². The monoisotopic (exact) mass is 368 g/mol. The van der Waals surface area contributed by atoms with Crippen molar-refractivity contribution in [1.29, 1.82) is 0 Å². The molecule has 2 atom stereocenters. The van der Waals surface area contributed by atoms with Gasteiger partial charge in [-0.2, -0.15) is 0 Å². The van der Waals surface area contributed by atoms with Crippen molar-refractivity contribution in [2.24, 2.45) is 5.92 Å². The third-order valence-corrected chi connectivity index (χ3v) is 5.63. The number of hydrogen-bond donors (Lipinski definition) is 2. The maximum Gasteiger partial charge on any atom is 0.201 e. The highest BCUT2D eigenvalue weighted by molar-refractivity contribution is 6.02. The first-order valence-electron chi connectivity index (χ1n) is 8.78. The highest BCUT2D eigenvalue weighted by atomic mass is 16.5. The van der Waals surface area contributed by atoms with Crippen LogP contribution in [0.15, 0.2) is 33.5 Å². The van der Waals surface area contributed by atoms with Crippen molar-refractivity contribution in [2.45, 2.75) is 25.4 Å². The number of benzene rings is 2. The van der Waals surface area contributed by atoms with E-state index < -0.39 is 5.60 Å². The molecule has 3 aromatic rings. The molecule has 27 heavy (non-hydrogen) atoms. The third-order valence-electron chi connectivity index (χ3n) is 5.63. The summed E-state index contributed by atoms with van der Waals surface area (Å²) in [4.78, 5) is 24.8. The number of carbonyl (C=O) groups is 1. The summed E-state index contributed by atoms with van der Waals surface area (Å²) in [5, 5.41) is 20.6. The van der Waals surface area contributed by atoms with Gasteiger partial charge < -0.3 is 19.4 Å². The Morgan fingerprint density at radius 2 is 2.11 bits per heavy atom. The Balaban J connectivity index is 2.07. The smallest absolute Gasteiger partial charge is 0.201 e. The number of carbonyl (C=O) groups excluding carboxylic acids is 1. The van der Waals surface area contributed by atoms with Gasteiger partial charge in [-0.15, -0.1) is 0 Å². The Kier molecular flexibility index (Phi) is 4.05. The van der Waals surface area contributed by atoms with Gasteiger partial charge >= 0.3 is 0 Å². The number of aldehydes is 1. The van der Waals surface area contributed by atoms with E-state index in [1.54, 1.807) is 31.2 Å². The maximum absolute atomic E-state index is 13.1. The molecule has 0 spiro atoms. The van der Waals surface area contributed by atoms with Crippen LogP contribution in [0.25, 0.3) is 21.9 Å². The first-order chi connectivity index (χ1) is 12.9. The lowest BCUT2D eigenvalue weighted by Gasteiger charge is -2.27. The minimum atomic E-state index is -1.26. The molecule has 0 bridgehead atoms. The van der Waals surface area contributed by atoms with Crippen LogP contribution in [0.5, 0.6) is 5.75 Å². The average Bonchev–Trinajstić information content (AvgIpc) is 3.12. The summed E-state index contributed by atoms with van der Waals surface area (Å²) in [5.41, 5.74) is 1.05. The number of methoxy groups -OCH3 is 1. The summed E-state index contributed by atoms with van der Waals surface area (Å²) >= 11 is 0. The van der Waals surface area contributed by atoms with Gasteiger partial charge in [-0.25, -0.2) is 0 Å². The SMILES string of the molecule is COc1cccc2c(=O)c3c(C=O)cc4c(c3oc12)C[C@@H]([C@@](C)(O)CO)C4. The van der Waals surface area contributed by atoms with E-state index >= 15 is 0 Å². The molecule has 140 valence electrons. The van der Waals surface area contributed by atoms with Gasteiger partial charge in [0.1, 0.15) is 5.58 Å². The lowest BCUT2D eigenvalue weighted by atomic mass is 9.87. The van der Waals surface area contributed by atoms with Crippen LogP contribution in [0.1, 0.15) is 28.4 Å². The topological polar surface area (TPSA) is 97.0 Å². The Morgan fingerprint density at radius 3 is 2.78 bits per heavy atom. The van der Waals surface area contributed by atoms with Crippen molar-refractivity contribution in [2.75, 3.05) is 13.7 Å². The van der Waals surface area contributed by atoms with Crippen LogP contribution in [0, 0.1) is 5.92 Å². The van der Waals surface area contributed by atoms with E-state index in [0.717, 1.165) is 11.1 Å². The molecule has 2 N–H and O–H groups in total. The summed E-state index contributed by atoms with van der Waals surface area (Å²) in [6.45, 7) is 1.21. The molecule has 0 unspecified atom stereocenters. The van der Waals surface area contributed by atoms with Gasteiger partial charge in [0, 0.05) is 5.56 Å². The summed E-state index contributed by atoms with van der Waals surface area (Å²) in [6.07, 6.45) is 1.60. The lowest BCUT2D eigenvalue weighted by molar-refractivity contribution is -0.0434. The van der Waals surface area contributed by atoms with E-state index in [1.165, 1.54) is 7.11 Å². The minimum Gasteiger partial charge on any atom is -0.493 e. The largest absolute Gasteiger partial charge is 0.493 e. The van der Waals surface area contributed by atoms with E-state index in [4.69, 9.17) is 9.15 Å². The van der Waals surface area contributed by atoms with E-state index in [0.29, 0.717) is 41.4 Å². The van der Waals surface area contributed by atoms with Gasteiger partial charge in [0.2, 0.25) is 5.43 Å². The second-order valence-corrected chi connectivity index (χ2v) is 7.31. The standard InChI is InChI=1S/C21H20O6/c1-21(25,10-23)13-7-11-6-12(9-22)17-18(24)14-4-3-5-16(26-2)19(14)27-20(17)15(11)8-13/h3-6,9,13,23,25H,7-8,10H2,1-2H3/t13-,21-/m0/s1. The third kappa shape index (κ3) is 2.56. The van der Waals surface area contributed by atoms with Gasteiger partial charge in [-0.3, -0.25) is 9.59 Å². The average molecular weight is 368 g/mol. The van der Waals surface area contributed by atoms with Crippen molar-refractivity contribution in [1.82, 2.24) is 0 Å². The molecular weight excluding hydrogens is 348 g/mol. The fourth-order valence-electron chi connectivity index (χ4n) is 3.97. The summed E-state index contributed by atoms with van der Waals surface area (Å²) < 4.78 is 11.4. The quantitative estimate of drug-likeness (QED) is 0.541. The van der Waals surface area contributed by atoms with Gasteiger partial charge in [0.05, 0.1) is 30.1 Å². The zero-order chi connectivity index (χ0) is 19.3.